The largest absolute Gasteiger partial charge is 0.331 e. The van der Waals surface area contributed by atoms with E-state index in [1.165, 1.54) is 0 Å². The fourth-order valence-electron chi connectivity index (χ4n) is 2.93. The first-order valence-electron chi connectivity index (χ1n) is 8.17. The number of hydrogen-bond donors (Lipinski definition) is 1. The molecule has 0 radical (unpaired) electrons. The van der Waals surface area contributed by atoms with Crippen molar-refractivity contribution in [3.63, 3.8) is 0 Å². The maximum atomic E-state index is 12.3. The van der Waals surface area contributed by atoms with Gasteiger partial charge in [0.25, 0.3) is 0 Å². The third-order valence-corrected chi connectivity index (χ3v) is 4.06. The molecule has 1 aliphatic rings. The lowest BCUT2D eigenvalue weighted by Crippen LogP contribution is -2.52. The van der Waals surface area contributed by atoms with Crippen molar-refractivity contribution < 1.29 is 4.79 Å². The Morgan fingerprint density at radius 1 is 1.22 bits per heavy atom. The zero-order valence-electron chi connectivity index (χ0n) is 13.8. The van der Waals surface area contributed by atoms with Crippen LogP contribution in [0.25, 0.3) is 5.65 Å². The molecule has 0 spiro atoms. The van der Waals surface area contributed by atoms with Crippen LogP contribution in [0.4, 0.5) is 4.79 Å². The number of fused-ring (bicyclic) bond motifs is 1. The van der Waals surface area contributed by atoms with Crippen LogP contribution in [0.15, 0.2) is 24.4 Å². The van der Waals surface area contributed by atoms with Gasteiger partial charge < -0.3 is 10.2 Å². The Bertz CT molecular complexity index is 659. The molecule has 0 aliphatic carbocycles. The highest BCUT2D eigenvalue weighted by Gasteiger charge is 2.21. The maximum Gasteiger partial charge on any atom is 0.317 e. The van der Waals surface area contributed by atoms with Crippen LogP contribution < -0.4 is 5.32 Å². The molecular weight excluding hydrogens is 292 g/mol. The van der Waals surface area contributed by atoms with Crippen molar-refractivity contribution in [3.8, 4) is 0 Å². The predicted octanol–water partition coefficient (Wildman–Crippen LogP) is 1.21. The quantitative estimate of drug-likeness (QED) is 0.921. The standard InChI is InChI=1S/C16H24N6O/c1-13(2)12-20-7-9-21(10-8-20)16(23)17-11-15-19-18-14-5-3-4-6-22(14)15/h3-6,13H,7-12H2,1-2H3,(H,17,23). The molecule has 7 nitrogen and oxygen atoms in total. The van der Waals surface area contributed by atoms with E-state index in [1.54, 1.807) is 0 Å². The molecule has 23 heavy (non-hydrogen) atoms. The fourth-order valence-corrected chi connectivity index (χ4v) is 2.93. The topological polar surface area (TPSA) is 65.8 Å². The predicted molar refractivity (Wildman–Crippen MR) is 88.1 cm³/mol. The van der Waals surface area contributed by atoms with Crippen LogP contribution in [0, 0.1) is 5.92 Å². The summed E-state index contributed by atoms with van der Waals surface area (Å²) in [5.41, 5.74) is 0.791. The van der Waals surface area contributed by atoms with Crippen LogP contribution >= 0.6 is 0 Å². The second-order valence-corrected chi connectivity index (χ2v) is 6.39. The van der Waals surface area contributed by atoms with E-state index in [-0.39, 0.29) is 6.03 Å². The zero-order valence-corrected chi connectivity index (χ0v) is 13.8. The fraction of sp³-hybridized carbons (Fsp3) is 0.562. The Hall–Kier alpha value is -2.15. The molecule has 2 aromatic heterocycles. The first-order valence-corrected chi connectivity index (χ1v) is 8.17. The van der Waals surface area contributed by atoms with E-state index in [1.807, 2.05) is 33.7 Å². The second kappa shape index (κ2) is 6.95. The number of carbonyl (C=O) groups excluding carboxylic acids is 1. The van der Waals surface area contributed by atoms with E-state index in [0.717, 1.165) is 44.2 Å². The zero-order chi connectivity index (χ0) is 16.2. The first-order chi connectivity index (χ1) is 11.1. The van der Waals surface area contributed by atoms with Crippen LogP contribution in [0.3, 0.4) is 0 Å². The highest BCUT2D eigenvalue weighted by atomic mass is 16.2. The van der Waals surface area contributed by atoms with Gasteiger partial charge in [0.1, 0.15) is 0 Å². The van der Waals surface area contributed by atoms with Crippen molar-refractivity contribution >= 4 is 11.7 Å². The number of carbonyl (C=O) groups is 1. The lowest BCUT2D eigenvalue weighted by atomic mass is 10.2. The third kappa shape index (κ3) is 3.79. The summed E-state index contributed by atoms with van der Waals surface area (Å²) in [4.78, 5) is 16.6. The SMILES string of the molecule is CC(C)CN1CCN(C(=O)NCc2nnc3ccccn23)CC1. The number of urea groups is 1. The number of rotatable bonds is 4. The molecule has 0 saturated carbocycles. The summed E-state index contributed by atoms with van der Waals surface area (Å²) in [5, 5.41) is 11.2. The third-order valence-electron chi connectivity index (χ3n) is 4.06. The molecule has 1 N–H and O–H groups in total. The molecule has 0 bridgehead atoms. The second-order valence-electron chi connectivity index (χ2n) is 6.39. The van der Waals surface area contributed by atoms with E-state index < -0.39 is 0 Å². The molecule has 3 heterocycles. The van der Waals surface area contributed by atoms with Gasteiger partial charge in [-0.05, 0) is 18.1 Å². The molecule has 3 rings (SSSR count). The molecule has 1 aliphatic heterocycles. The summed E-state index contributed by atoms with van der Waals surface area (Å²) >= 11 is 0. The van der Waals surface area contributed by atoms with Crippen molar-refractivity contribution in [1.82, 2.24) is 29.7 Å². The van der Waals surface area contributed by atoms with Crippen molar-refractivity contribution in [1.29, 1.82) is 0 Å². The summed E-state index contributed by atoms with van der Waals surface area (Å²) in [6.45, 7) is 9.37. The monoisotopic (exact) mass is 316 g/mol. The minimum Gasteiger partial charge on any atom is -0.331 e. The lowest BCUT2D eigenvalue weighted by Gasteiger charge is -2.35. The minimum atomic E-state index is -0.0260. The van der Waals surface area contributed by atoms with Crippen LogP contribution in [-0.2, 0) is 6.54 Å². The molecule has 2 aromatic rings. The van der Waals surface area contributed by atoms with Gasteiger partial charge in [-0.15, -0.1) is 10.2 Å². The van der Waals surface area contributed by atoms with Gasteiger partial charge in [0.2, 0.25) is 0 Å². The Morgan fingerprint density at radius 2 is 2.00 bits per heavy atom. The van der Waals surface area contributed by atoms with Gasteiger partial charge in [-0.2, -0.15) is 0 Å². The molecule has 0 atom stereocenters. The Morgan fingerprint density at radius 3 is 2.74 bits per heavy atom. The molecule has 2 amide bonds. The number of amides is 2. The normalized spacial score (nSPS) is 16.2. The van der Waals surface area contributed by atoms with Crippen molar-refractivity contribution in [3.05, 3.63) is 30.2 Å². The summed E-state index contributed by atoms with van der Waals surface area (Å²) < 4.78 is 1.89. The number of piperazine rings is 1. The number of pyridine rings is 1. The summed E-state index contributed by atoms with van der Waals surface area (Å²) in [5.74, 6) is 1.41. The summed E-state index contributed by atoms with van der Waals surface area (Å²) in [6, 6.07) is 5.71. The number of nitrogens with zero attached hydrogens (tertiary/aromatic N) is 5. The van der Waals surface area contributed by atoms with Gasteiger partial charge in [0.05, 0.1) is 6.54 Å². The Kier molecular flexibility index (Phi) is 4.76. The van der Waals surface area contributed by atoms with Crippen LogP contribution in [-0.4, -0.2) is 63.2 Å². The lowest BCUT2D eigenvalue weighted by molar-refractivity contribution is 0.131. The van der Waals surface area contributed by atoms with E-state index >= 15 is 0 Å². The van der Waals surface area contributed by atoms with Crippen LogP contribution in [0.5, 0.6) is 0 Å². The van der Waals surface area contributed by atoms with Crippen LogP contribution in [0.1, 0.15) is 19.7 Å². The smallest absolute Gasteiger partial charge is 0.317 e. The van der Waals surface area contributed by atoms with Gasteiger partial charge in [-0.1, -0.05) is 19.9 Å². The average Bonchev–Trinajstić information content (AvgIpc) is 2.96. The minimum absolute atomic E-state index is 0.0260. The van der Waals surface area contributed by atoms with Gasteiger partial charge >= 0.3 is 6.03 Å². The van der Waals surface area contributed by atoms with Gasteiger partial charge in [-0.25, -0.2) is 4.79 Å². The number of aromatic nitrogens is 3. The van der Waals surface area contributed by atoms with E-state index in [0.29, 0.717) is 12.5 Å². The van der Waals surface area contributed by atoms with E-state index in [4.69, 9.17) is 0 Å². The van der Waals surface area contributed by atoms with Gasteiger partial charge in [0.15, 0.2) is 11.5 Å². The molecule has 0 unspecified atom stereocenters. The number of nitrogens with one attached hydrogen (secondary N) is 1. The first kappa shape index (κ1) is 15.7. The number of hydrogen-bond acceptors (Lipinski definition) is 4. The Labute approximate surface area is 136 Å². The van der Waals surface area contributed by atoms with E-state index in [2.05, 4.69) is 34.3 Å². The molecule has 1 fully saturated rings. The molecule has 1 saturated heterocycles. The average molecular weight is 316 g/mol. The van der Waals surface area contributed by atoms with Gasteiger partial charge in [0, 0.05) is 38.9 Å². The highest BCUT2D eigenvalue weighted by molar-refractivity contribution is 5.74. The van der Waals surface area contributed by atoms with Crippen molar-refractivity contribution in [2.45, 2.75) is 20.4 Å². The molecule has 7 heteroatoms. The summed E-state index contributed by atoms with van der Waals surface area (Å²) in [6.07, 6.45) is 1.90. The van der Waals surface area contributed by atoms with Crippen molar-refractivity contribution in [2.75, 3.05) is 32.7 Å². The molecule has 0 aromatic carbocycles. The van der Waals surface area contributed by atoms with Crippen LogP contribution in [0.2, 0.25) is 0 Å². The van der Waals surface area contributed by atoms with Crippen molar-refractivity contribution in [2.24, 2.45) is 5.92 Å². The molecular formula is C16H24N6O. The maximum absolute atomic E-state index is 12.3. The molecule has 124 valence electrons. The Balaban J connectivity index is 1.50. The van der Waals surface area contributed by atoms with Gasteiger partial charge in [-0.3, -0.25) is 9.30 Å². The van der Waals surface area contributed by atoms with E-state index in [9.17, 15) is 4.79 Å². The summed E-state index contributed by atoms with van der Waals surface area (Å²) in [7, 11) is 0. The highest BCUT2D eigenvalue weighted by Crippen LogP contribution is 2.06.